The molecule has 0 amide bonds. The lowest BCUT2D eigenvalue weighted by Crippen LogP contribution is -1.97. The Hall–Kier alpha value is -1.16. The van der Waals surface area contributed by atoms with Crippen LogP contribution in [0.4, 0.5) is 0 Å². The summed E-state index contributed by atoms with van der Waals surface area (Å²) in [5.74, 6) is 2.67. The van der Waals surface area contributed by atoms with Gasteiger partial charge in [0.2, 0.25) is 0 Å². The van der Waals surface area contributed by atoms with Gasteiger partial charge in [-0.2, -0.15) is 0 Å². The highest BCUT2D eigenvalue weighted by Gasteiger charge is 2.10. The molecule has 16 heavy (non-hydrogen) atoms. The molecule has 1 aromatic carbocycles. The quantitative estimate of drug-likeness (QED) is 0.805. The largest absolute Gasteiger partial charge is 0.493 e. The minimum Gasteiger partial charge on any atom is -0.493 e. The van der Waals surface area contributed by atoms with Gasteiger partial charge in [0.05, 0.1) is 19.3 Å². The zero-order valence-corrected chi connectivity index (χ0v) is 10.3. The molecular formula is C12H15NO2S. The predicted octanol–water partition coefficient (Wildman–Crippen LogP) is 2.39. The maximum Gasteiger partial charge on any atom is 0.160 e. The van der Waals surface area contributed by atoms with Crippen molar-refractivity contribution in [2.75, 3.05) is 26.5 Å². The number of rotatable bonds is 4. The summed E-state index contributed by atoms with van der Waals surface area (Å²) in [6.07, 6.45) is 0.894. The van der Waals surface area contributed by atoms with Crippen molar-refractivity contribution in [2.45, 2.75) is 6.42 Å². The summed E-state index contributed by atoms with van der Waals surface area (Å²) in [7, 11) is 3.30. The highest BCUT2D eigenvalue weighted by molar-refractivity contribution is 8.14. The molecule has 0 radical (unpaired) electrons. The summed E-state index contributed by atoms with van der Waals surface area (Å²) >= 11 is 1.84. The van der Waals surface area contributed by atoms with E-state index < -0.39 is 0 Å². The fourth-order valence-electron chi connectivity index (χ4n) is 1.65. The van der Waals surface area contributed by atoms with E-state index in [1.54, 1.807) is 14.2 Å². The number of aliphatic imine (C=N–C) groups is 1. The van der Waals surface area contributed by atoms with Gasteiger partial charge in [-0.25, -0.2) is 0 Å². The van der Waals surface area contributed by atoms with Crippen LogP contribution < -0.4 is 9.47 Å². The monoisotopic (exact) mass is 237 g/mol. The third kappa shape index (κ3) is 2.50. The maximum atomic E-state index is 5.27. The average Bonchev–Trinajstić information content (AvgIpc) is 2.81. The minimum atomic E-state index is 0.771. The van der Waals surface area contributed by atoms with Gasteiger partial charge in [-0.1, -0.05) is 6.07 Å². The lowest BCUT2D eigenvalue weighted by molar-refractivity contribution is 0.354. The summed E-state index contributed by atoms with van der Waals surface area (Å²) < 4.78 is 10.5. The molecule has 0 atom stereocenters. The van der Waals surface area contributed by atoms with E-state index in [1.807, 2.05) is 23.9 Å². The molecule has 3 nitrogen and oxygen atoms in total. The van der Waals surface area contributed by atoms with Gasteiger partial charge in [0.1, 0.15) is 0 Å². The van der Waals surface area contributed by atoms with Gasteiger partial charge in [0.25, 0.3) is 0 Å². The van der Waals surface area contributed by atoms with Gasteiger partial charge in [0.15, 0.2) is 11.5 Å². The SMILES string of the molecule is COc1ccc(CC2=NCCS2)cc1OC. The Morgan fingerprint density at radius 1 is 1.25 bits per heavy atom. The second-order valence-electron chi connectivity index (χ2n) is 3.49. The van der Waals surface area contributed by atoms with E-state index in [1.165, 1.54) is 10.6 Å². The molecule has 0 spiro atoms. The van der Waals surface area contributed by atoms with Crippen LogP contribution in [0.1, 0.15) is 5.56 Å². The van der Waals surface area contributed by atoms with Crippen LogP contribution in [0.2, 0.25) is 0 Å². The van der Waals surface area contributed by atoms with Crippen LogP contribution in [0.5, 0.6) is 11.5 Å². The summed E-state index contributed by atoms with van der Waals surface area (Å²) in [5, 5.41) is 1.22. The Labute approximate surface area is 99.9 Å². The van der Waals surface area contributed by atoms with Gasteiger partial charge in [-0.05, 0) is 17.7 Å². The number of ether oxygens (including phenoxy) is 2. The molecule has 0 N–H and O–H groups in total. The fourth-order valence-corrected chi connectivity index (χ4v) is 2.52. The fraction of sp³-hybridized carbons (Fsp3) is 0.417. The number of thioether (sulfide) groups is 1. The van der Waals surface area contributed by atoms with Crippen molar-refractivity contribution in [2.24, 2.45) is 4.99 Å². The van der Waals surface area contributed by atoms with Crippen LogP contribution in [-0.2, 0) is 6.42 Å². The highest BCUT2D eigenvalue weighted by Crippen LogP contribution is 2.28. The Balaban J connectivity index is 2.15. The third-order valence-corrected chi connectivity index (χ3v) is 3.44. The molecular weight excluding hydrogens is 222 g/mol. The first-order valence-electron chi connectivity index (χ1n) is 5.20. The zero-order chi connectivity index (χ0) is 11.4. The van der Waals surface area contributed by atoms with Gasteiger partial charge < -0.3 is 9.47 Å². The molecule has 0 aromatic heterocycles. The molecule has 0 aliphatic carbocycles. The predicted molar refractivity (Wildman–Crippen MR) is 68.0 cm³/mol. The number of methoxy groups -OCH3 is 2. The van der Waals surface area contributed by atoms with Crippen LogP contribution in [0.3, 0.4) is 0 Å². The van der Waals surface area contributed by atoms with Crippen molar-refractivity contribution in [1.82, 2.24) is 0 Å². The topological polar surface area (TPSA) is 30.8 Å². The molecule has 0 saturated heterocycles. The van der Waals surface area contributed by atoms with Crippen LogP contribution >= 0.6 is 11.8 Å². The van der Waals surface area contributed by atoms with E-state index in [0.717, 1.165) is 30.2 Å². The summed E-state index contributed by atoms with van der Waals surface area (Å²) in [6, 6.07) is 6.01. The Morgan fingerprint density at radius 2 is 2.06 bits per heavy atom. The van der Waals surface area contributed by atoms with Crippen molar-refractivity contribution in [3.05, 3.63) is 23.8 Å². The first-order valence-corrected chi connectivity index (χ1v) is 6.19. The Bertz CT molecular complexity index is 404. The summed E-state index contributed by atoms with van der Waals surface area (Å²) in [6.45, 7) is 0.952. The van der Waals surface area contributed by atoms with Crippen LogP contribution in [-0.4, -0.2) is 31.6 Å². The molecule has 1 aliphatic rings. The first-order chi connectivity index (χ1) is 7.83. The molecule has 0 bridgehead atoms. The third-order valence-electron chi connectivity index (χ3n) is 2.45. The van der Waals surface area contributed by atoms with E-state index in [-0.39, 0.29) is 0 Å². The standard InChI is InChI=1S/C12H15NO2S/c1-14-10-4-3-9(7-11(10)15-2)8-12-13-5-6-16-12/h3-4,7H,5-6,8H2,1-2H3. The molecule has 0 unspecified atom stereocenters. The molecule has 2 rings (SSSR count). The van der Waals surface area contributed by atoms with Gasteiger partial charge in [-0.15, -0.1) is 11.8 Å². The summed E-state index contributed by atoms with van der Waals surface area (Å²) in [5.41, 5.74) is 1.21. The van der Waals surface area contributed by atoms with Crippen LogP contribution in [0, 0.1) is 0 Å². The van der Waals surface area contributed by atoms with Gasteiger partial charge in [0, 0.05) is 18.7 Å². The number of benzene rings is 1. The molecule has 86 valence electrons. The molecule has 1 aliphatic heterocycles. The van der Waals surface area contributed by atoms with Gasteiger partial charge >= 0.3 is 0 Å². The van der Waals surface area contributed by atoms with E-state index in [4.69, 9.17) is 9.47 Å². The lowest BCUT2D eigenvalue weighted by Gasteiger charge is -2.09. The van der Waals surface area contributed by atoms with Crippen molar-refractivity contribution in [1.29, 1.82) is 0 Å². The Morgan fingerprint density at radius 3 is 2.69 bits per heavy atom. The van der Waals surface area contributed by atoms with E-state index >= 15 is 0 Å². The number of hydrogen-bond acceptors (Lipinski definition) is 4. The van der Waals surface area contributed by atoms with E-state index in [2.05, 4.69) is 11.1 Å². The highest BCUT2D eigenvalue weighted by atomic mass is 32.2. The van der Waals surface area contributed by atoms with Gasteiger partial charge in [-0.3, -0.25) is 4.99 Å². The molecule has 0 fully saturated rings. The Kier molecular flexibility index (Phi) is 3.72. The van der Waals surface area contributed by atoms with Crippen LogP contribution in [0.25, 0.3) is 0 Å². The smallest absolute Gasteiger partial charge is 0.160 e. The zero-order valence-electron chi connectivity index (χ0n) is 9.53. The first kappa shape index (κ1) is 11.3. The lowest BCUT2D eigenvalue weighted by atomic mass is 10.1. The van der Waals surface area contributed by atoms with Crippen LogP contribution in [0.15, 0.2) is 23.2 Å². The van der Waals surface area contributed by atoms with E-state index in [9.17, 15) is 0 Å². The second-order valence-corrected chi connectivity index (χ2v) is 4.66. The number of hydrogen-bond donors (Lipinski definition) is 0. The molecule has 1 heterocycles. The molecule has 4 heteroatoms. The van der Waals surface area contributed by atoms with E-state index in [0.29, 0.717) is 0 Å². The number of nitrogens with zero attached hydrogens (tertiary/aromatic N) is 1. The van der Waals surface area contributed by atoms with Crippen molar-refractivity contribution in [3.63, 3.8) is 0 Å². The normalized spacial score (nSPS) is 14.8. The second kappa shape index (κ2) is 5.25. The van der Waals surface area contributed by atoms with Crippen molar-refractivity contribution >= 4 is 16.8 Å². The van der Waals surface area contributed by atoms with Crippen molar-refractivity contribution < 1.29 is 9.47 Å². The summed E-state index contributed by atoms with van der Waals surface area (Å²) in [4.78, 5) is 4.44. The van der Waals surface area contributed by atoms with Crippen molar-refractivity contribution in [3.8, 4) is 11.5 Å². The molecule has 1 aromatic rings. The minimum absolute atomic E-state index is 0.771. The average molecular weight is 237 g/mol. The molecule has 0 saturated carbocycles. The maximum absolute atomic E-state index is 5.27.